The summed E-state index contributed by atoms with van der Waals surface area (Å²) in [6.45, 7) is 3.95. The van der Waals surface area contributed by atoms with Gasteiger partial charge in [0.2, 0.25) is 11.8 Å². The van der Waals surface area contributed by atoms with E-state index < -0.39 is 0 Å². The highest BCUT2D eigenvalue weighted by Gasteiger charge is 2.22. The third-order valence-corrected chi connectivity index (χ3v) is 4.11. The van der Waals surface area contributed by atoms with Crippen LogP contribution in [-0.2, 0) is 16.0 Å². The first-order valence-corrected chi connectivity index (χ1v) is 8.20. The number of carbonyl (C=O) groups excluding carboxylic acids is 2. The fourth-order valence-corrected chi connectivity index (χ4v) is 2.88. The Balaban J connectivity index is 1.72. The van der Waals surface area contributed by atoms with Crippen molar-refractivity contribution in [1.82, 2.24) is 10.4 Å². The van der Waals surface area contributed by atoms with Gasteiger partial charge < -0.3 is 5.32 Å². The smallest absolute Gasteiger partial charge is 0.240 e. The maximum atomic E-state index is 12.1. The molecular formula is C19H20N4O2. The number of hydrogen-bond donors (Lipinski definition) is 2. The van der Waals surface area contributed by atoms with E-state index in [2.05, 4.69) is 20.8 Å². The van der Waals surface area contributed by atoms with Gasteiger partial charge >= 0.3 is 0 Å². The Morgan fingerprint density at radius 2 is 2.16 bits per heavy atom. The van der Waals surface area contributed by atoms with E-state index in [0.29, 0.717) is 6.42 Å². The molecule has 1 aromatic carbocycles. The van der Waals surface area contributed by atoms with Crippen molar-refractivity contribution in [1.29, 1.82) is 0 Å². The molecule has 0 bridgehead atoms. The first-order chi connectivity index (χ1) is 12.0. The van der Waals surface area contributed by atoms with Gasteiger partial charge in [-0.2, -0.15) is 5.10 Å². The first-order valence-electron chi connectivity index (χ1n) is 8.20. The lowest BCUT2D eigenvalue weighted by Gasteiger charge is -2.21. The molecule has 2 amide bonds. The Morgan fingerprint density at radius 1 is 1.32 bits per heavy atom. The summed E-state index contributed by atoms with van der Waals surface area (Å²) in [4.78, 5) is 27.7. The lowest BCUT2D eigenvalue weighted by molar-refractivity contribution is -0.122. The minimum Gasteiger partial charge on any atom is -0.326 e. The van der Waals surface area contributed by atoms with Crippen molar-refractivity contribution >= 4 is 23.2 Å². The molecule has 25 heavy (non-hydrogen) atoms. The van der Waals surface area contributed by atoms with Gasteiger partial charge in [0.25, 0.3) is 0 Å². The van der Waals surface area contributed by atoms with Gasteiger partial charge in [0, 0.05) is 35.5 Å². The Bertz CT molecular complexity index is 831. The summed E-state index contributed by atoms with van der Waals surface area (Å²) in [6.07, 6.45) is 2.34. The molecule has 0 spiro atoms. The average molecular weight is 336 g/mol. The summed E-state index contributed by atoms with van der Waals surface area (Å²) in [5.41, 5.74) is 6.84. The molecule has 6 nitrogen and oxygen atoms in total. The Morgan fingerprint density at radius 3 is 2.84 bits per heavy atom. The summed E-state index contributed by atoms with van der Waals surface area (Å²) in [6, 6.07) is 11.2. The van der Waals surface area contributed by atoms with Crippen molar-refractivity contribution in [2.75, 3.05) is 5.32 Å². The Kier molecular flexibility index (Phi) is 4.88. The van der Waals surface area contributed by atoms with Crippen LogP contribution in [-0.4, -0.2) is 22.5 Å². The molecule has 1 aromatic heterocycles. The summed E-state index contributed by atoms with van der Waals surface area (Å²) in [5.74, 6) is -0.106. The van der Waals surface area contributed by atoms with Crippen LogP contribution in [0.2, 0.25) is 0 Å². The van der Waals surface area contributed by atoms with Crippen molar-refractivity contribution in [3.05, 3.63) is 59.4 Å². The lowest BCUT2D eigenvalue weighted by Crippen LogP contribution is -2.32. The number of hydrogen-bond acceptors (Lipinski definition) is 4. The van der Waals surface area contributed by atoms with Crippen molar-refractivity contribution in [3.63, 3.8) is 0 Å². The zero-order valence-corrected chi connectivity index (χ0v) is 14.2. The van der Waals surface area contributed by atoms with Gasteiger partial charge in [-0.1, -0.05) is 19.1 Å². The normalized spacial score (nSPS) is 16.8. The molecule has 1 aliphatic heterocycles. The van der Waals surface area contributed by atoms with Crippen LogP contribution < -0.4 is 10.7 Å². The van der Waals surface area contributed by atoms with Gasteiger partial charge in [-0.15, -0.1) is 0 Å². The van der Waals surface area contributed by atoms with Gasteiger partial charge in [-0.25, -0.2) is 5.43 Å². The fraction of sp³-hybridized carbons (Fsp3) is 0.263. The fourth-order valence-electron chi connectivity index (χ4n) is 2.88. The topological polar surface area (TPSA) is 83.4 Å². The standard InChI is InChI=1S/C19H20N4O2/c1-12-9-15(21-17(24)11-14-5-3-4-8-20-14)6-7-16(12)19-13(2)10-18(25)22-23-19/h3-9,13H,10-11H2,1-2H3,(H,21,24)(H,22,25). The molecule has 3 rings (SSSR count). The second-order valence-electron chi connectivity index (χ2n) is 6.21. The number of nitrogens with zero attached hydrogens (tertiary/aromatic N) is 2. The molecule has 2 heterocycles. The highest BCUT2D eigenvalue weighted by molar-refractivity contribution is 6.07. The van der Waals surface area contributed by atoms with E-state index in [1.807, 2.05) is 50.2 Å². The molecular weight excluding hydrogens is 316 g/mol. The molecule has 0 saturated carbocycles. The third-order valence-electron chi connectivity index (χ3n) is 4.11. The van der Waals surface area contributed by atoms with E-state index in [1.54, 1.807) is 6.20 Å². The predicted molar refractivity (Wildman–Crippen MR) is 96.2 cm³/mol. The van der Waals surface area contributed by atoms with E-state index in [0.717, 1.165) is 28.2 Å². The second-order valence-corrected chi connectivity index (χ2v) is 6.21. The van der Waals surface area contributed by atoms with Crippen molar-refractivity contribution in [2.24, 2.45) is 11.0 Å². The highest BCUT2D eigenvalue weighted by atomic mass is 16.2. The molecule has 0 radical (unpaired) electrons. The van der Waals surface area contributed by atoms with Crippen LogP contribution in [0.4, 0.5) is 5.69 Å². The zero-order valence-electron chi connectivity index (χ0n) is 14.2. The Hall–Kier alpha value is -3.02. The molecule has 1 aliphatic rings. The van der Waals surface area contributed by atoms with Crippen molar-refractivity contribution in [3.8, 4) is 0 Å². The van der Waals surface area contributed by atoms with Gasteiger partial charge in [-0.05, 0) is 36.8 Å². The quantitative estimate of drug-likeness (QED) is 0.899. The highest BCUT2D eigenvalue weighted by Crippen LogP contribution is 2.22. The summed E-state index contributed by atoms with van der Waals surface area (Å²) < 4.78 is 0. The molecule has 6 heteroatoms. The minimum atomic E-state index is -0.110. The third kappa shape index (κ3) is 4.09. The number of hydrazone groups is 1. The van der Waals surface area contributed by atoms with Crippen LogP contribution in [0.3, 0.4) is 0 Å². The minimum absolute atomic E-state index is 0.0627. The summed E-state index contributed by atoms with van der Waals surface area (Å²) in [5, 5.41) is 7.08. The first kappa shape index (κ1) is 16.8. The zero-order chi connectivity index (χ0) is 17.8. The van der Waals surface area contributed by atoms with Crippen LogP contribution in [0, 0.1) is 12.8 Å². The van der Waals surface area contributed by atoms with Crippen LogP contribution in [0.5, 0.6) is 0 Å². The monoisotopic (exact) mass is 336 g/mol. The number of pyridine rings is 1. The van der Waals surface area contributed by atoms with Crippen molar-refractivity contribution < 1.29 is 9.59 Å². The number of carbonyl (C=O) groups is 2. The van der Waals surface area contributed by atoms with Gasteiger partial charge in [0.1, 0.15) is 0 Å². The summed E-state index contributed by atoms with van der Waals surface area (Å²) in [7, 11) is 0. The van der Waals surface area contributed by atoms with Crippen LogP contribution in [0.1, 0.15) is 30.2 Å². The number of rotatable bonds is 4. The van der Waals surface area contributed by atoms with E-state index in [4.69, 9.17) is 0 Å². The number of anilines is 1. The molecule has 0 saturated heterocycles. The van der Waals surface area contributed by atoms with Crippen LogP contribution in [0.15, 0.2) is 47.7 Å². The maximum absolute atomic E-state index is 12.1. The van der Waals surface area contributed by atoms with Crippen molar-refractivity contribution in [2.45, 2.75) is 26.7 Å². The van der Waals surface area contributed by atoms with E-state index in [-0.39, 0.29) is 24.2 Å². The van der Waals surface area contributed by atoms with E-state index in [9.17, 15) is 9.59 Å². The Labute approximate surface area is 146 Å². The van der Waals surface area contributed by atoms with Crippen LogP contribution >= 0.6 is 0 Å². The van der Waals surface area contributed by atoms with Gasteiger partial charge in [0.05, 0.1) is 12.1 Å². The lowest BCUT2D eigenvalue weighted by atomic mass is 9.91. The molecule has 2 aromatic rings. The molecule has 0 fully saturated rings. The molecule has 2 N–H and O–H groups in total. The summed E-state index contributed by atoms with van der Waals surface area (Å²) >= 11 is 0. The van der Waals surface area contributed by atoms with E-state index in [1.165, 1.54) is 0 Å². The number of nitrogens with one attached hydrogen (secondary N) is 2. The van der Waals surface area contributed by atoms with Gasteiger partial charge in [0.15, 0.2) is 0 Å². The largest absolute Gasteiger partial charge is 0.326 e. The van der Waals surface area contributed by atoms with Crippen LogP contribution in [0.25, 0.3) is 0 Å². The molecule has 1 unspecified atom stereocenters. The van der Waals surface area contributed by atoms with E-state index >= 15 is 0 Å². The second kappa shape index (κ2) is 7.25. The molecule has 128 valence electrons. The van der Waals surface area contributed by atoms with Gasteiger partial charge in [-0.3, -0.25) is 14.6 Å². The number of aromatic nitrogens is 1. The number of aryl methyl sites for hydroxylation is 1. The number of amides is 2. The molecule has 0 aliphatic carbocycles. The molecule has 1 atom stereocenters. The maximum Gasteiger partial charge on any atom is 0.240 e. The SMILES string of the molecule is Cc1cc(NC(=O)Cc2ccccn2)ccc1C1=NNC(=O)CC1C. The average Bonchev–Trinajstić information content (AvgIpc) is 2.57. The predicted octanol–water partition coefficient (Wildman–Crippen LogP) is 2.43. The number of benzene rings is 1.